The predicted octanol–water partition coefficient (Wildman–Crippen LogP) is 3.86. The Morgan fingerprint density at radius 2 is 1.89 bits per heavy atom. The number of carbonyl (C=O) groups excluding carboxylic acids is 1. The first-order valence-corrected chi connectivity index (χ1v) is 7.55. The van der Waals surface area contributed by atoms with Crippen LogP contribution in [-0.4, -0.2) is 17.4 Å². The first kappa shape index (κ1) is 14.1. The third kappa shape index (κ3) is 3.59. The molecular weight excluding hydrogens is 234 g/mol. The van der Waals surface area contributed by atoms with Crippen molar-refractivity contribution in [2.24, 2.45) is 11.8 Å². The molecule has 0 heterocycles. The molecule has 1 atom stereocenters. The quantitative estimate of drug-likeness (QED) is 0.786. The first-order valence-electron chi connectivity index (χ1n) is 7.55. The van der Waals surface area contributed by atoms with Crippen molar-refractivity contribution in [3.63, 3.8) is 0 Å². The van der Waals surface area contributed by atoms with Crippen LogP contribution in [0.5, 0.6) is 0 Å². The molecule has 0 N–H and O–H groups in total. The van der Waals surface area contributed by atoms with E-state index >= 15 is 0 Å². The molecule has 2 nitrogen and oxygen atoms in total. The summed E-state index contributed by atoms with van der Waals surface area (Å²) in [5.74, 6) is 1.13. The van der Waals surface area contributed by atoms with Crippen LogP contribution < -0.4 is 0 Å². The zero-order valence-electron chi connectivity index (χ0n) is 12.1. The molecule has 1 unspecified atom stereocenters. The summed E-state index contributed by atoms with van der Waals surface area (Å²) >= 11 is 0. The van der Waals surface area contributed by atoms with Crippen LogP contribution in [0.1, 0.15) is 45.1 Å². The average molecular weight is 259 g/mol. The van der Waals surface area contributed by atoms with E-state index in [9.17, 15) is 4.79 Å². The maximum Gasteiger partial charge on any atom is 0.225 e. The molecule has 2 heteroatoms. The summed E-state index contributed by atoms with van der Waals surface area (Å²) in [6, 6.07) is 10.3. The van der Waals surface area contributed by atoms with Crippen molar-refractivity contribution in [3.05, 3.63) is 35.9 Å². The standard InChI is InChI=1S/C17H25NO/c1-3-18(13-15-9-5-4-6-10-15)17(19)14(2)16-11-7-8-12-16/h4-6,9-10,14,16H,3,7-8,11-13H2,1-2H3. The molecule has 1 aromatic rings. The van der Waals surface area contributed by atoms with E-state index in [-0.39, 0.29) is 5.92 Å². The minimum absolute atomic E-state index is 0.186. The largest absolute Gasteiger partial charge is 0.338 e. The minimum Gasteiger partial charge on any atom is -0.338 e. The van der Waals surface area contributed by atoms with Gasteiger partial charge in [0.1, 0.15) is 0 Å². The van der Waals surface area contributed by atoms with Crippen LogP contribution in [0.15, 0.2) is 30.3 Å². The van der Waals surface area contributed by atoms with Gasteiger partial charge in [0.2, 0.25) is 5.91 Å². The van der Waals surface area contributed by atoms with Crippen LogP contribution in [0.4, 0.5) is 0 Å². The number of rotatable bonds is 5. The number of benzene rings is 1. The van der Waals surface area contributed by atoms with Gasteiger partial charge in [-0.15, -0.1) is 0 Å². The van der Waals surface area contributed by atoms with Crippen LogP contribution in [0.3, 0.4) is 0 Å². The molecule has 1 aliphatic carbocycles. The molecule has 0 bridgehead atoms. The highest BCUT2D eigenvalue weighted by Gasteiger charge is 2.29. The van der Waals surface area contributed by atoms with E-state index in [4.69, 9.17) is 0 Å². The number of carbonyl (C=O) groups is 1. The Kier molecular flexibility index (Phi) is 5.00. The first-order chi connectivity index (χ1) is 9.22. The monoisotopic (exact) mass is 259 g/mol. The second kappa shape index (κ2) is 6.74. The number of amides is 1. The van der Waals surface area contributed by atoms with Crippen molar-refractivity contribution in [2.75, 3.05) is 6.54 Å². The summed E-state index contributed by atoms with van der Waals surface area (Å²) in [6.07, 6.45) is 5.06. The molecule has 0 radical (unpaired) electrons. The fourth-order valence-corrected chi connectivity index (χ4v) is 3.10. The van der Waals surface area contributed by atoms with Gasteiger partial charge in [-0.25, -0.2) is 0 Å². The zero-order valence-corrected chi connectivity index (χ0v) is 12.1. The maximum absolute atomic E-state index is 12.6. The molecule has 1 fully saturated rings. The second-order valence-electron chi connectivity index (χ2n) is 5.67. The van der Waals surface area contributed by atoms with Crippen molar-refractivity contribution in [1.82, 2.24) is 4.90 Å². The summed E-state index contributed by atoms with van der Waals surface area (Å²) in [5, 5.41) is 0. The molecule has 1 saturated carbocycles. The van der Waals surface area contributed by atoms with Gasteiger partial charge in [-0.3, -0.25) is 4.79 Å². The summed E-state index contributed by atoms with van der Waals surface area (Å²) in [5.41, 5.74) is 1.22. The number of hydrogen-bond donors (Lipinski definition) is 0. The molecule has 0 saturated heterocycles. The van der Waals surface area contributed by atoms with Gasteiger partial charge in [-0.1, -0.05) is 50.1 Å². The Balaban J connectivity index is 1.98. The summed E-state index contributed by atoms with van der Waals surface area (Å²) < 4.78 is 0. The smallest absolute Gasteiger partial charge is 0.225 e. The van der Waals surface area contributed by atoms with Crippen LogP contribution in [0.25, 0.3) is 0 Å². The van der Waals surface area contributed by atoms with Gasteiger partial charge in [0, 0.05) is 19.0 Å². The fourth-order valence-electron chi connectivity index (χ4n) is 3.10. The van der Waals surface area contributed by atoms with Gasteiger partial charge >= 0.3 is 0 Å². The highest BCUT2D eigenvalue weighted by Crippen LogP contribution is 2.32. The van der Waals surface area contributed by atoms with Crippen LogP contribution in [0, 0.1) is 11.8 Å². The van der Waals surface area contributed by atoms with E-state index in [0.29, 0.717) is 11.8 Å². The van der Waals surface area contributed by atoms with Gasteiger partial charge in [0.15, 0.2) is 0 Å². The van der Waals surface area contributed by atoms with Crippen molar-refractivity contribution in [1.29, 1.82) is 0 Å². The average Bonchev–Trinajstić information content (AvgIpc) is 2.98. The van der Waals surface area contributed by atoms with Crippen LogP contribution >= 0.6 is 0 Å². The van der Waals surface area contributed by atoms with Crippen molar-refractivity contribution in [3.8, 4) is 0 Å². The highest BCUT2D eigenvalue weighted by atomic mass is 16.2. The minimum atomic E-state index is 0.186. The summed E-state index contributed by atoms with van der Waals surface area (Å²) in [7, 11) is 0. The third-order valence-corrected chi connectivity index (χ3v) is 4.41. The normalized spacial score (nSPS) is 17.4. The Morgan fingerprint density at radius 1 is 1.26 bits per heavy atom. The molecule has 0 aliphatic heterocycles. The van der Waals surface area contributed by atoms with E-state index in [1.54, 1.807) is 0 Å². The van der Waals surface area contributed by atoms with E-state index in [0.717, 1.165) is 13.1 Å². The maximum atomic E-state index is 12.6. The molecule has 1 aliphatic rings. The summed E-state index contributed by atoms with van der Waals surface area (Å²) in [4.78, 5) is 14.6. The molecule has 0 aromatic heterocycles. The Hall–Kier alpha value is -1.31. The predicted molar refractivity (Wildman–Crippen MR) is 78.7 cm³/mol. The van der Waals surface area contributed by atoms with E-state index < -0.39 is 0 Å². The topological polar surface area (TPSA) is 20.3 Å². The molecule has 19 heavy (non-hydrogen) atoms. The van der Waals surface area contributed by atoms with Crippen molar-refractivity contribution >= 4 is 5.91 Å². The highest BCUT2D eigenvalue weighted by molar-refractivity contribution is 5.78. The molecule has 1 amide bonds. The van der Waals surface area contributed by atoms with Gasteiger partial charge in [0.25, 0.3) is 0 Å². The molecular formula is C17H25NO. The van der Waals surface area contributed by atoms with Crippen molar-refractivity contribution < 1.29 is 4.79 Å². The van der Waals surface area contributed by atoms with Crippen molar-refractivity contribution in [2.45, 2.75) is 46.1 Å². The van der Waals surface area contributed by atoms with E-state index in [2.05, 4.69) is 26.0 Å². The lowest BCUT2D eigenvalue weighted by molar-refractivity contribution is -0.137. The lowest BCUT2D eigenvalue weighted by Gasteiger charge is -2.27. The second-order valence-corrected chi connectivity index (χ2v) is 5.67. The van der Waals surface area contributed by atoms with Gasteiger partial charge in [-0.2, -0.15) is 0 Å². The Labute approximate surface area is 116 Å². The number of hydrogen-bond acceptors (Lipinski definition) is 1. The molecule has 2 rings (SSSR count). The SMILES string of the molecule is CCN(Cc1ccccc1)C(=O)C(C)C1CCCC1. The lowest BCUT2D eigenvalue weighted by Crippen LogP contribution is -2.37. The molecule has 0 spiro atoms. The molecule has 104 valence electrons. The van der Waals surface area contributed by atoms with Crippen LogP contribution in [-0.2, 0) is 11.3 Å². The number of nitrogens with zero attached hydrogens (tertiary/aromatic N) is 1. The summed E-state index contributed by atoms with van der Waals surface area (Å²) in [6.45, 7) is 5.73. The van der Waals surface area contributed by atoms with Crippen LogP contribution in [0.2, 0.25) is 0 Å². The van der Waals surface area contributed by atoms with E-state index in [1.807, 2.05) is 23.1 Å². The molecule has 1 aromatic carbocycles. The zero-order chi connectivity index (χ0) is 13.7. The Bertz CT molecular complexity index is 395. The Morgan fingerprint density at radius 3 is 2.47 bits per heavy atom. The van der Waals surface area contributed by atoms with Gasteiger partial charge in [-0.05, 0) is 31.2 Å². The van der Waals surface area contributed by atoms with E-state index in [1.165, 1.54) is 31.2 Å². The van der Waals surface area contributed by atoms with Gasteiger partial charge in [0.05, 0.1) is 0 Å². The lowest BCUT2D eigenvalue weighted by atomic mass is 9.91. The third-order valence-electron chi connectivity index (χ3n) is 4.41. The van der Waals surface area contributed by atoms with Gasteiger partial charge < -0.3 is 4.90 Å². The fraction of sp³-hybridized carbons (Fsp3) is 0.588.